The quantitative estimate of drug-likeness (QED) is 0.0792. The zero-order valence-corrected chi connectivity index (χ0v) is 20.8. The van der Waals surface area contributed by atoms with Crippen LogP contribution in [0.25, 0.3) is 21.8 Å². The third-order valence-corrected chi connectivity index (χ3v) is 6.42. The van der Waals surface area contributed by atoms with Crippen molar-refractivity contribution in [2.75, 3.05) is 0 Å². The van der Waals surface area contributed by atoms with Crippen LogP contribution < -0.4 is 0 Å². The minimum atomic E-state index is -0.449. The number of unbranched alkanes of at least 4 members (excludes halogenated alkanes) is 9. The number of nitroso groups, excluding NO2 is 1. The van der Waals surface area contributed by atoms with Crippen LogP contribution in [0.2, 0.25) is 0 Å². The van der Waals surface area contributed by atoms with E-state index < -0.39 is 5.97 Å². The van der Waals surface area contributed by atoms with E-state index in [0.29, 0.717) is 11.4 Å². The van der Waals surface area contributed by atoms with Crippen molar-refractivity contribution < 1.29 is 9.63 Å². The van der Waals surface area contributed by atoms with Gasteiger partial charge in [0.15, 0.2) is 0 Å². The van der Waals surface area contributed by atoms with Crippen LogP contribution in [0, 0.1) is 4.91 Å². The number of nitrogens with zero attached hydrogens (tertiary/aromatic N) is 3. The highest BCUT2D eigenvalue weighted by Gasteiger charge is 2.13. The summed E-state index contributed by atoms with van der Waals surface area (Å²) in [5, 5.41) is 9.09. The first kappa shape index (κ1) is 25.6. The van der Waals surface area contributed by atoms with E-state index in [1.165, 1.54) is 64.7 Å². The highest BCUT2D eigenvalue weighted by atomic mass is 16.7. The predicted octanol–water partition coefficient (Wildman–Crippen LogP) is 8.40. The van der Waals surface area contributed by atoms with Crippen LogP contribution in [0.3, 0.4) is 0 Å². The van der Waals surface area contributed by atoms with E-state index in [1.54, 1.807) is 6.07 Å². The van der Waals surface area contributed by atoms with Gasteiger partial charge in [0.25, 0.3) is 0 Å². The van der Waals surface area contributed by atoms with E-state index in [1.807, 2.05) is 31.2 Å². The first-order chi connectivity index (χ1) is 16.5. The maximum Gasteiger partial charge on any atom is 0.331 e. The monoisotopic (exact) mass is 463 g/mol. The minimum absolute atomic E-state index is 0.418. The average Bonchev–Trinajstić information content (AvgIpc) is 3.15. The number of aromatic nitrogens is 1. The van der Waals surface area contributed by atoms with Crippen LogP contribution in [0.1, 0.15) is 90.5 Å². The Morgan fingerprint density at radius 3 is 2.03 bits per heavy atom. The average molecular weight is 464 g/mol. The Hall–Kier alpha value is -3.02. The van der Waals surface area contributed by atoms with E-state index in [9.17, 15) is 9.70 Å². The van der Waals surface area contributed by atoms with Gasteiger partial charge < -0.3 is 9.40 Å². The fourth-order valence-corrected chi connectivity index (χ4v) is 4.56. The lowest BCUT2D eigenvalue weighted by molar-refractivity contribution is -0.140. The first-order valence-corrected chi connectivity index (χ1v) is 12.7. The Morgan fingerprint density at radius 2 is 1.41 bits per heavy atom. The molecule has 1 heterocycles. The predicted molar refractivity (Wildman–Crippen MR) is 141 cm³/mol. The van der Waals surface area contributed by atoms with Crippen molar-refractivity contribution in [1.82, 2.24) is 4.57 Å². The molecule has 6 heteroatoms. The molecule has 2 aromatic carbocycles. The fraction of sp³-hybridized carbons (Fsp3) is 0.500. The second kappa shape index (κ2) is 13.0. The summed E-state index contributed by atoms with van der Waals surface area (Å²) in [6.45, 7) is 6.33. The second-order valence-electron chi connectivity index (χ2n) is 9.12. The molecule has 6 nitrogen and oxygen atoms in total. The van der Waals surface area contributed by atoms with Crippen LogP contribution in [-0.4, -0.2) is 16.2 Å². The van der Waals surface area contributed by atoms with E-state index in [-0.39, 0.29) is 0 Å². The van der Waals surface area contributed by atoms with Gasteiger partial charge in [0, 0.05) is 35.3 Å². The van der Waals surface area contributed by atoms with Gasteiger partial charge in [-0.05, 0) is 54.4 Å². The Balaban J connectivity index is 1.72. The Kier molecular flexibility index (Phi) is 9.80. The molecule has 3 rings (SSSR count). The SMILES string of the molecule is CCCCCCCCCCCCn1c2ccc(N=O)cc2c2cc(/C(C)=N/OC(C)=O)ccc21. The van der Waals surface area contributed by atoms with Gasteiger partial charge in [0.1, 0.15) is 5.69 Å². The van der Waals surface area contributed by atoms with Crippen LogP contribution >= 0.6 is 0 Å². The molecular weight excluding hydrogens is 426 g/mol. The molecule has 0 bridgehead atoms. The summed E-state index contributed by atoms with van der Waals surface area (Å²) in [5.41, 5.74) is 4.14. The number of benzene rings is 2. The summed E-state index contributed by atoms with van der Waals surface area (Å²) < 4.78 is 2.34. The van der Waals surface area contributed by atoms with Crippen molar-refractivity contribution in [3.8, 4) is 0 Å². The highest BCUT2D eigenvalue weighted by Crippen LogP contribution is 2.33. The zero-order chi connectivity index (χ0) is 24.3. The number of fused-ring (bicyclic) bond motifs is 3. The van der Waals surface area contributed by atoms with Gasteiger partial charge in [0.2, 0.25) is 0 Å². The molecule has 3 aromatic rings. The molecule has 0 aliphatic rings. The standard InChI is InChI=1S/C28H37N3O3/c1-4-5-6-7-8-9-10-11-12-13-18-31-27-16-14-23(21(2)30-34-22(3)32)19-25(27)26-20-24(29-33)15-17-28(26)31/h14-17,19-20H,4-13,18H2,1-3H3/b30-21+. The largest absolute Gasteiger partial charge is 0.340 e. The Morgan fingerprint density at radius 1 is 0.824 bits per heavy atom. The lowest BCUT2D eigenvalue weighted by Gasteiger charge is -2.08. The van der Waals surface area contributed by atoms with E-state index in [4.69, 9.17) is 4.84 Å². The molecule has 0 aliphatic heterocycles. The van der Waals surface area contributed by atoms with Crippen molar-refractivity contribution in [3.63, 3.8) is 0 Å². The number of hydrogen-bond acceptors (Lipinski definition) is 5. The third-order valence-electron chi connectivity index (χ3n) is 6.42. The number of oxime groups is 1. The molecule has 34 heavy (non-hydrogen) atoms. The zero-order valence-electron chi connectivity index (χ0n) is 20.8. The summed E-state index contributed by atoms with van der Waals surface area (Å²) in [7, 11) is 0. The lowest BCUT2D eigenvalue weighted by atomic mass is 10.1. The van der Waals surface area contributed by atoms with Crippen LogP contribution in [0.5, 0.6) is 0 Å². The van der Waals surface area contributed by atoms with Gasteiger partial charge in [-0.2, -0.15) is 0 Å². The topological polar surface area (TPSA) is 73.0 Å². The minimum Gasteiger partial charge on any atom is -0.340 e. The molecule has 0 saturated heterocycles. The van der Waals surface area contributed by atoms with Gasteiger partial charge in [-0.25, -0.2) is 4.79 Å². The van der Waals surface area contributed by atoms with E-state index in [0.717, 1.165) is 40.3 Å². The molecule has 0 unspecified atom stereocenters. The summed E-state index contributed by atoms with van der Waals surface area (Å²) in [6.07, 6.45) is 13.1. The number of carbonyl (C=O) groups is 1. The van der Waals surface area contributed by atoms with Gasteiger partial charge in [-0.15, -0.1) is 4.91 Å². The molecule has 0 N–H and O–H groups in total. The first-order valence-electron chi connectivity index (χ1n) is 12.7. The molecule has 0 amide bonds. The molecule has 1 aromatic heterocycles. The fourth-order valence-electron chi connectivity index (χ4n) is 4.56. The number of aryl methyl sites for hydroxylation is 1. The van der Waals surface area contributed by atoms with Crippen LogP contribution in [-0.2, 0) is 16.2 Å². The molecule has 0 aliphatic carbocycles. The van der Waals surface area contributed by atoms with Crippen molar-refractivity contribution in [1.29, 1.82) is 0 Å². The van der Waals surface area contributed by atoms with Gasteiger partial charge in [0.05, 0.1) is 5.71 Å². The van der Waals surface area contributed by atoms with E-state index >= 15 is 0 Å². The smallest absolute Gasteiger partial charge is 0.331 e. The molecule has 0 saturated carbocycles. The summed E-state index contributed by atoms with van der Waals surface area (Å²) in [6, 6.07) is 11.7. The maximum absolute atomic E-state index is 11.2. The number of carbonyl (C=O) groups excluding carboxylic acids is 1. The van der Waals surface area contributed by atoms with E-state index in [2.05, 4.69) is 27.9 Å². The Bertz CT molecular complexity index is 1150. The Labute approximate surface area is 202 Å². The highest BCUT2D eigenvalue weighted by molar-refractivity contribution is 6.12. The van der Waals surface area contributed by atoms with Gasteiger partial charge in [-0.1, -0.05) is 75.9 Å². The number of hydrogen-bond donors (Lipinski definition) is 0. The van der Waals surface area contributed by atoms with Crippen LogP contribution in [0.15, 0.2) is 46.7 Å². The molecular formula is C28H37N3O3. The molecule has 0 spiro atoms. The van der Waals surface area contributed by atoms with Gasteiger partial charge >= 0.3 is 5.97 Å². The number of rotatable bonds is 14. The normalized spacial score (nSPS) is 11.9. The molecule has 182 valence electrons. The van der Waals surface area contributed by atoms with Crippen molar-refractivity contribution >= 4 is 39.2 Å². The molecule has 0 fully saturated rings. The summed E-state index contributed by atoms with van der Waals surface area (Å²) >= 11 is 0. The van der Waals surface area contributed by atoms with Crippen molar-refractivity contribution in [3.05, 3.63) is 46.9 Å². The summed E-state index contributed by atoms with van der Waals surface area (Å²) in [5.74, 6) is -0.449. The van der Waals surface area contributed by atoms with Crippen LogP contribution in [0.4, 0.5) is 5.69 Å². The molecule has 0 radical (unpaired) electrons. The lowest BCUT2D eigenvalue weighted by Crippen LogP contribution is -2.00. The maximum atomic E-state index is 11.2. The third kappa shape index (κ3) is 6.75. The molecule has 0 atom stereocenters. The van der Waals surface area contributed by atoms with Crippen molar-refractivity contribution in [2.45, 2.75) is 91.5 Å². The summed E-state index contributed by atoms with van der Waals surface area (Å²) in [4.78, 5) is 27.1. The van der Waals surface area contributed by atoms with Crippen molar-refractivity contribution in [2.24, 2.45) is 10.3 Å². The van der Waals surface area contributed by atoms with Gasteiger partial charge in [-0.3, -0.25) is 0 Å². The second-order valence-corrected chi connectivity index (χ2v) is 9.12.